The fourth-order valence-electron chi connectivity index (χ4n) is 1.70. The van der Waals surface area contributed by atoms with Gasteiger partial charge in [-0.25, -0.2) is 8.78 Å². The van der Waals surface area contributed by atoms with Crippen molar-refractivity contribution in [2.24, 2.45) is 0 Å². The Morgan fingerprint density at radius 3 is 2.45 bits per heavy atom. The predicted octanol–water partition coefficient (Wildman–Crippen LogP) is 5.57. The molecule has 0 saturated carbocycles. The van der Waals surface area contributed by atoms with Gasteiger partial charge in [-0.05, 0) is 62.2 Å². The van der Waals surface area contributed by atoms with Crippen molar-refractivity contribution in [2.75, 3.05) is 0 Å². The monoisotopic (exact) mass is 422 g/mol. The largest absolute Gasteiger partial charge is 0.294 e. The molecule has 0 radical (unpaired) electrons. The minimum absolute atomic E-state index is 0.122. The first-order valence-corrected chi connectivity index (χ1v) is 7.47. The lowest BCUT2D eigenvalue weighted by molar-refractivity contribution is 0.0990. The first-order chi connectivity index (χ1) is 9.40. The first-order valence-electron chi connectivity index (χ1n) is 5.50. The van der Waals surface area contributed by atoms with Gasteiger partial charge in [0.1, 0.15) is 11.6 Å². The molecule has 104 valence electrons. The number of rotatable bonds is 3. The zero-order valence-electron chi connectivity index (χ0n) is 9.89. The summed E-state index contributed by atoms with van der Waals surface area (Å²) in [7, 11) is 0. The number of carbonyl (C=O) groups is 1. The van der Waals surface area contributed by atoms with Crippen molar-refractivity contribution in [2.45, 2.75) is 6.42 Å². The van der Waals surface area contributed by atoms with Crippen LogP contribution >= 0.6 is 43.5 Å². The molecule has 2 aromatic carbocycles. The highest BCUT2D eigenvalue weighted by Crippen LogP contribution is 2.26. The molecule has 2 aromatic rings. The molecule has 0 saturated heterocycles. The Morgan fingerprint density at radius 1 is 1.10 bits per heavy atom. The Bertz CT molecular complexity index is 689. The van der Waals surface area contributed by atoms with Gasteiger partial charge in [0.15, 0.2) is 5.78 Å². The van der Waals surface area contributed by atoms with Crippen LogP contribution in [0.25, 0.3) is 0 Å². The fraction of sp³-hybridized carbons (Fsp3) is 0.0714. The number of benzene rings is 2. The lowest BCUT2D eigenvalue weighted by atomic mass is 10.0. The highest BCUT2D eigenvalue weighted by atomic mass is 79.9. The third-order valence-electron chi connectivity index (χ3n) is 2.71. The minimum Gasteiger partial charge on any atom is -0.294 e. The van der Waals surface area contributed by atoms with E-state index < -0.39 is 17.4 Å². The summed E-state index contributed by atoms with van der Waals surface area (Å²) in [6.07, 6.45) is -0.364. The minimum atomic E-state index is -0.761. The molecule has 0 aliphatic carbocycles. The van der Waals surface area contributed by atoms with Crippen LogP contribution in [-0.2, 0) is 6.42 Å². The summed E-state index contributed by atoms with van der Waals surface area (Å²) >= 11 is 12.0. The standard InChI is InChI=1S/C14H7Br2ClF2O/c15-10-3-4-12(18)9(14(10)19)6-13(20)8-2-1-7(17)5-11(8)16/h1-5H,6H2. The molecular weight excluding hydrogens is 417 g/mol. The quantitative estimate of drug-likeness (QED) is 0.465. The summed E-state index contributed by atoms with van der Waals surface area (Å²) in [6, 6.07) is 7.00. The topological polar surface area (TPSA) is 17.1 Å². The molecule has 0 aliphatic rings. The molecular formula is C14H7Br2ClF2O. The van der Waals surface area contributed by atoms with Gasteiger partial charge in [-0.3, -0.25) is 4.79 Å². The summed E-state index contributed by atoms with van der Waals surface area (Å²) < 4.78 is 28.1. The first kappa shape index (κ1) is 15.6. The van der Waals surface area contributed by atoms with E-state index in [0.717, 1.165) is 6.07 Å². The van der Waals surface area contributed by atoms with Crippen molar-refractivity contribution < 1.29 is 13.6 Å². The zero-order chi connectivity index (χ0) is 14.9. The number of Topliss-reactive ketones (excluding diaryl/α,β-unsaturated/α-hetero) is 1. The van der Waals surface area contributed by atoms with E-state index >= 15 is 0 Å². The molecule has 0 N–H and O–H groups in total. The van der Waals surface area contributed by atoms with Gasteiger partial charge in [0, 0.05) is 27.0 Å². The normalized spacial score (nSPS) is 10.7. The Labute approximate surface area is 136 Å². The molecule has 0 unspecified atom stereocenters. The van der Waals surface area contributed by atoms with Crippen molar-refractivity contribution in [3.63, 3.8) is 0 Å². The summed E-state index contributed by atoms with van der Waals surface area (Å²) in [5.74, 6) is -1.91. The molecule has 0 amide bonds. The van der Waals surface area contributed by atoms with Gasteiger partial charge in [0.05, 0.1) is 4.47 Å². The molecule has 6 heteroatoms. The van der Waals surface area contributed by atoms with E-state index in [-0.39, 0.29) is 16.5 Å². The van der Waals surface area contributed by atoms with E-state index in [2.05, 4.69) is 31.9 Å². The van der Waals surface area contributed by atoms with E-state index in [1.54, 1.807) is 12.1 Å². The Hall–Kier alpha value is -0.780. The SMILES string of the molecule is O=C(Cc1c(F)ccc(Br)c1F)c1ccc(Cl)cc1Br. The highest BCUT2D eigenvalue weighted by molar-refractivity contribution is 9.10. The lowest BCUT2D eigenvalue weighted by Crippen LogP contribution is -2.08. The molecule has 0 spiro atoms. The summed E-state index contributed by atoms with van der Waals surface area (Å²) in [5, 5.41) is 0.466. The molecule has 0 aromatic heterocycles. The summed E-state index contributed by atoms with van der Waals surface area (Å²) in [5.41, 5.74) is 0.0689. The number of halogens is 5. The zero-order valence-corrected chi connectivity index (χ0v) is 13.8. The Morgan fingerprint density at radius 2 is 1.80 bits per heavy atom. The fourth-order valence-corrected chi connectivity index (χ4v) is 2.98. The molecule has 0 fully saturated rings. The van der Waals surface area contributed by atoms with Crippen LogP contribution < -0.4 is 0 Å². The van der Waals surface area contributed by atoms with Crippen molar-refractivity contribution in [3.05, 3.63) is 67.1 Å². The molecule has 1 nitrogen and oxygen atoms in total. The van der Waals surface area contributed by atoms with Crippen LogP contribution in [0.5, 0.6) is 0 Å². The smallest absolute Gasteiger partial charge is 0.168 e. The molecule has 0 aliphatic heterocycles. The Balaban J connectivity index is 2.35. The van der Waals surface area contributed by atoms with E-state index in [4.69, 9.17) is 11.6 Å². The average Bonchev–Trinajstić information content (AvgIpc) is 2.39. The van der Waals surface area contributed by atoms with Crippen molar-refractivity contribution in [1.29, 1.82) is 0 Å². The third-order valence-corrected chi connectivity index (χ3v) is 4.21. The van der Waals surface area contributed by atoms with Gasteiger partial charge < -0.3 is 0 Å². The second-order valence-electron chi connectivity index (χ2n) is 4.05. The molecule has 0 bridgehead atoms. The van der Waals surface area contributed by atoms with Crippen LogP contribution in [0.1, 0.15) is 15.9 Å². The van der Waals surface area contributed by atoms with Gasteiger partial charge in [-0.2, -0.15) is 0 Å². The van der Waals surface area contributed by atoms with E-state index in [0.29, 0.717) is 15.1 Å². The van der Waals surface area contributed by atoms with Gasteiger partial charge in [-0.1, -0.05) is 11.6 Å². The highest BCUT2D eigenvalue weighted by Gasteiger charge is 2.18. The maximum absolute atomic E-state index is 13.8. The van der Waals surface area contributed by atoms with Crippen LogP contribution in [0, 0.1) is 11.6 Å². The van der Waals surface area contributed by atoms with Gasteiger partial charge >= 0.3 is 0 Å². The maximum atomic E-state index is 13.8. The molecule has 0 atom stereocenters. The van der Waals surface area contributed by atoms with Gasteiger partial charge in [0.2, 0.25) is 0 Å². The second kappa shape index (κ2) is 6.33. The van der Waals surface area contributed by atoms with Crippen LogP contribution in [0.2, 0.25) is 5.02 Å². The molecule has 0 heterocycles. The van der Waals surface area contributed by atoms with E-state index in [1.165, 1.54) is 12.1 Å². The molecule has 20 heavy (non-hydrogen) atoms. The van der Waals surface area contributed by atoms with Crippen LogP contribution in [0.3, 0.4) is 0 Å². The average molecular weight is 424 g/mol. The van der Waals surface area contributed by atoms with Crippen molar-refractivity contribution in [1.82, 2.24) is 0 Å². The number of carbonyl (C=O) groups excluding carboxylic acids is 1. The van der Waals surface area contributed by atoms with Crippen LogP contribution in [0.4, 0.5) is 8.78 Å². The summed E-state index contributed by atoms with van der Waals surface area (Å²) in [4.78, 5) is 12.1. The van der Waals surface area contributed by atoms with Crippen molar-refractivity contribution in [3.8, 4) is 0 Å². The third kappa shape index (κ3) is 3.27. The molecule has 2 rings (SSSR count). The van der Waals surface area contributed by atoms with Gasteiger partial charge in [-0.15, -0.1) is 0 Å². The number of hydrogen-bond donors (Lipinski definition) is 0. The predicted molar refractivity (Wildman–Crippen MR) is 81.2 cm³/mol. The number of ketones is 1. The summed E-state index contributed by atoms with van der Waals surface area (Å²) in [6.45, 7) is 0. The number of hydrogen-bond acceptors (Lipinski definition) is 1. The van der Waals surface area contributed by atoms with E-state index in [1.807, 2.05) is 0 Å². The Kier molecular flexibility index (Phi) is 4.94. The maximum Gasteiger partial charge on any atom is 0.168 e. The van der Waals surface area contributed by atoms with Crippen LogP contribution in [-0.4, -0.2) is 5.78 Å². The lowest BCUT2D eigenvalue weighted by Gasteiger charge is -2.07. The van der Waals surface area contributed by atoms with Crippen LogP contribution in [0.15, 0.2) is 39.3 Å². The van der Waals surface area contributed by atoms with E-state index in [9.17, 15) is 13.6 Å². The second-order valence-corrected chi connectivity index (χ2v) is 6.19. The van der Waals surface area contributed by atoms with Crippen molar-refractivity contribution >= 4 is 49.2 Å². The van der Waals surface area contributed by atoms with Gasteiger partial charge in [0.25, 0.3) is 0 Å².